The average molecular weight is 256 g/mol. The lowest BCUT2D eigenvalue weighted by Gasteiger charge is -2.05. The molecule has 1 aromatic rings. The van der Waals surface area contributed by atoms with Gasteiger partial charge in [0.2, 0.25) is 10.0 Å². The Balaban J connectivity index is 2.62. The van der Waals surface area contributed by atoms with Crippen molar-refractivity contribution >= 4 is 10.0 Å². The van der Waals surface area contributed by atoms with Crippen molar-refractivity contribution in [3.05, 3.63) is 11.5 Å². The first kappa shape index (κ1) is 13.7. The van der Waals surface area contributed by atoms with Gasteiger partial charge in [0.25, 0.3) is 0 Å². The van der Waals surface area contributed by atoms with E-state index in [1.165, 1.54) is 0 Å². The van der Waals surface area contributed by atoms with Gasteiger partial charge in [-0.2, -0.15) is 0 Å². The van der Waals surface area contributed by atoms with E-state index in [4.69, 9.17) is 10.9 Å². The summed E-state index contributed by atoms with van der Waals surface area (Å²) in [5.41, 5.74) is 0.374. The molecule has 0 aromatic carbocycles. The van der Waals surface area contributed by atoms with Gasteiger partial charge in [0, 0.05) is 13.0 Å². The van der Waals surface area contributed by atoms with E-state index < -0.39 is 10.0 Å². The van der Waals surface area contributed by atoms with Crippen LogP contribution in [0.3, 0.4) is 0 Å². The summed E-state index contributed by atoms with van der Waals surface area (Å²) < 4.78 is 31.2. The van der Waals surface area contributed by atoms with Crippen molar-refractivity contribution in [3.8, 4) is 12.3 Å². The molecule has 0 aliphatic rings. The molecule has 0 saturated carbocycles. The lowest BCUT2D eigenvalue weighted by molar-refractivity contribution is 0.390. The van der Waals surface area contributed by atoms with Crippen LogP contribution in [0.25, 0.3) is 0 Å². The molecule has 17 heavy (non-hydrogen) atoms. The van der Waals surface area contributed by atoms with Crippen molar-refractivity contribution in [3.63, 3.8) is 0 Å². The van der Waals surface area contributed by atoms with E-state index in [-0.39, 0.29) is 4.90 Å². The molecule has 0 bridgehead atoms. The van der Waals surface area contributed by atoms with Crippen LogP contribution in [0.5, 0.6) is 0 Å². The topological polar surface area (TPSA) is 72.2 Å². The number of hydrogen-bond acceptors (Lipinski definition) is 4. The van der Waals surface area contributed by atoms with Crippen molar-refractivity contribution in [2.75, 3.05) is 6.54 Å². The number of hydrogen-bond donors (Lipinski definition) is 1. The second-order valence-electron chi connectivity index (χ2n) is 3.71. The highest BCUT2D eigenvalue weighted by Gasteiger charge is 2.23. The number of aromatic nitrogens is 1. The first-order valence-corrected chi connectivity index (χ1v) is 6.83. The molecule has 0 fully saturated rings. The third-order valence-electron chi connectivity index (χ3n) is 2.28. The molecule has 6 heteroatoms. The van der Waals surface area contributed by atoms with E-state index in [0.717, 1.165) is 6.42 Å². The molecule has 0 unspecified atom stereocenters. The highest BCUT2D eigenvalue weighted by Crippen LogP contribution is 2.18. The number of nitrogens with zero attached hydrogens (tertiary/aromatic N) is 1. The number of terminal acetylenes is 1. The quantitative estimate of drug-likeness (QED) is 0.616. The number of unbranched alkanes of at least 4 members (excludes halogenated alkanes) is 2. The van der Waals surface area contributed by atoms with Crippen molar-refractivity contribution in [1.29, 1.82) is 0 Å². The van der Waals surface area contributed by atoms with Crippen LogP contribution in [-0.2, 0) is 10.0 Å². The molecule has 5 nitrogen and oxygen atoms in total. The minimum Gasteiger partial charge on any atom is -0.360 e. The van der Waals surface area contributed by atoms with E-state index in [1.54, 1.807) is 13.8 Å². The first-order valence-electron chi connectivity index (χ1n) is 5.35. The summed E-state index contributed by atoms with van der Waals surface area (Å²) in [6.45, 7) is 3.55. The van der Waals surface area contributed by atoms with E-state index >= 15 is 0 Å². The maximum absolute atomic E-state index is 11.9. The van der Waals surface area contributed by atoms with Gasteiger partial charge in [-0.25, -0.2) is 13.1 Å². The monoisotopic (exact) mass is 256 g/mol. The van der Waals surface area contributed by atoms with Gasteiger partial charge in [-0.15, -0.1) is 12.3 Å². The van der Waals surface area contributed by atoms with Gasteiger partial charge in [-0.05, 0) is 26.7 Å². The summed E-state index contributed by atoms with van der Waals surface area (Å²) in [6.07, 6.45) is 7.29. The highest BCUT2D eigenvalue weighted by molar-refractivity contribution is 7.89. The van der Waals surface area contributed by atoms with Crippen LogP contribution in [0.1, 0.15) is 30.7 Å². The summed E-state index contributed by atoms with van der Waals surface area (Å²) in [4.78, 5) is 0.134. The maximum atomic E-state index is 11.9. The molecular formula is C11H16N2O3S. The molecule has 0 atom stereocenters. The van der Waals surface area contributed by atoms with Gasteiger partial charge in [0.15, 0.2) is 5.76 Å². The molecule has 0 amide bonds. The molecule has 0 aliphatic heterocycles. The summed E-state index contributed by atoms with van der Waals surface area (Å²) in [5, 5.41) is 3.62. The zero-order valence-corrected chi connectivity index (χ0v) is 10.8. The van der Waals surface area contributed by atoms with Crippen LogP contribution >= 0.6 is 0 Å². The lowest BCUT2D eigenvalue weighted by atomic mass is 10.2. The van der Waals surface area contributed by atoms with E-state index in [9.17, 15) is 8.42 Å². The van der Waals surface area contributed by atoms with Crippen molar-refractivity contribution in [2.24, 2.45) is 0 Å². The normalized spacial score (nSPS) is 11.4. The number of nitrogens with one attached hydrogen (secondary N) is 1. The van der Waals surface area contributed by atoms with Crippen LogP contribution < -0.4 is 4.72 Å². The second-order valence-corrected chi connectivity index (χ2v) is 5.42. The van der Waals surface area contributed by atoms with Crippen molar-refractivity contribution in [1.82, 2.24) is 9.88 Å². The second kappa shape index (κ2) is 5.84. The molecule has 1 aromatic heterocycles. The third kappa shape index (κ3) is 3.58. The lowest BCUT2D eigenvalue weighted by Crippen LogP contribution is -2.25. The Bertz CT molecular complexity index is 492. The fraction of sp³-hybridized carbons (Fsp3) is 0.545. The summed E-state index contributed by atoms with van der Waals surface area (Å²) in [6, 6.07) is 0. The highest BCUT2D eigenvalue weighted by atomic mass is 32.2. The number of aryl methyl sites for hydroxylation is 2. The minimum atomic E-state index is -3.52. The van der Waals surface area contributed by atoms with E-state index in [2.05, 4.69) is 15.8 Å². The van der Waals surface area contributed by atoms with Crippen LogP contribution in [0.4, 0.5) is 0 Å². The van der Waals surface area contributed by atoms with Crippen LogP contribution in [0, 0.1) is 26.2 Å². The Kier molecular flexibility index (Phi) is 4.73. The zero-order valence-electron chi connectivity index (χ0n) is 9.99. The molecular weight excluding hydrogens is 240 g/mol. The Morgan fingerprint density at radius 1 is 1.41 bits per heavy atom. The Morgan fingerprint density at radius 3 is 2.65 bits per heavy atom. The van der Waals surface area contributed by atoms with Crippen LogP contribution in [0.15, 0.2) is 9.42 Å². The number of sulfonamides is 1. The predicted octanol–water partition coefficient (Wildman–Crippen LogP) is 1.37. The minimum absolute atomic E-state index is 0.134. The molecule has 1 N–H and O–H groups in total. The Morgan fingerprint density at radius 2 is 2.12 bits per heavy atom. The van der Waals surface area contributed by atoms with Crippen molar-refractivity contribution < 1.29 is 12.9 Å². The standard InChI is InChI=1S/C11H16N2O3S/c1-4-5-6-7-8-12-17(14,15)11-9(2)13-16-10(11)3/h1,12H,5-8H2,2-3H3. The molecule has 1 heterocycles. The van der Waals surface area contributed by atoms with E-state index in [0.29, 0.717) is 30.8 Å². The smallest absolute Gasteiger partial charge is 0.245 e. The molecule has 0 radical (unpaired) electrons. The number of rotatable bonds is 6. The first-order chi connectivity index (χ1) is 7.99. The van der Waals surface area contributed by atoms with Gasteiger partial charge < -0.3 is 4.52 Å². The summed E-state index contributed by atoms with van der Waals surface area (Å²) in [5.74, 6) is 2.81. The largest absolute Gasteiger partial charge is 0.360 e. The maximum Gasteiger partial charge on any atom is 0.245 e. The van der Waals surface area contributed by atoms with Gasteiger partial charge in [0.05, 0.1) is 0 Å². The van der Waals surface area contributed by atoms with Gasteiger partial charge in [-0.1, -0.05) is 5.16 Å². The van der Waals surface area contributed by atoms with Gasteiger partial charge in [-0.3, -0.25) is 0 Å². The fourth-order valence-electron chi connectivity index (χ4n) is 1.49. The Hall–Kier alpha value is -1.32. The van der Waals surface area contributed by atoms with Gasteiger partial charge >= 0.3 is 0 Å². The molecule has 0 aliphatic carbocycles. The van der Waals surface area contributed by atoms with Gasteiger partial charge in [0.1, 0.15) is 10.6 Å². The Labute approximate surface area is 102 Å². The fourth-order valence-corrected chi connectivity index (χ4v) is 2.89. The zero-order chi connectivity index (χ0) is 12.9. The third-order valence-corrected chi connectivity index (χ3v) is 3.98. The summed E-state index contributed by atoms with van der Waals surface area (Å²) >= 11 is 0. The molecule has 94 valence electrons. The average Bonchev–Trinajstić information content (AvgIpc) is 2.58. The van der Waals surface area contributed by atoms with Crippen molar-refractivity contribution in [2.45, 2.75) is 38.0 Å². The van der Waals surface area contributed by atoms with E-state index in [1.807, 2.05) is 0 Å². The van der Waals surface area contributed by atoms with Crippen LogP contribution in [-0.4, -0.2) is 20.1 Å². The molecule has 1 rings (SSSR count). The predicted molar refractivity (Wildman–Crippen MR) is 63.8 cm³/mol. The molecule has 0 saturated heterocycles. The molecule has 0 spiro atoms. The SMILES string of the molecule is C#CCCCCNS(=O)(=O)c1c(C)noc1C. The van der Waals surface area contributed by atoms with Crippen LogP contribution in [0.2, 0.25) is 0 Å². The summed E-state index contributed by atoms with van der Waals surface area (Å²) in [7, 11) is -3.52.